The van der Waals surface area contributed by atoms with Crippen molar-refractivity contribution in [2.24, 2.45) is 0 Å². The molecule has 1 atom stereocenters. The molecule has 1 saturated heterocycles. The third-order valence-electron chi connectivity index (χ3n) is 6.47. The minimum Gasteiger partial charge on any atom is -0.359 e. The van der Waals surface area contributed by atoms with E-state index in [0.29, 0.717) is 17.5 Å². The average molecular weight is 537 g/mol. The Morgan fingerprint density at radius 1 is 1.00 bits per heavy atom. The molecule has 1 fully saturated rings. The van der Waals surface area contributed by atoms with Gasteiger partial charge in [-0.3, -0.25) is 9.78 Å². The van der Waals surface area contributed by atoms with Gasteiger partial charge in [0.1, 0.15) is 0 Å². The molecule has 0 aliphatic carbocycles. The summed E-state index contributed by atoms with van der Waals surface area (Å²) in [5, 5.41) is 4.87. The molecule has 5 rings (SSSR count). The molecule has 1 N–H and O–H groups in total. The van der Waals surface area contributed by atoms with Gasteiger partial charge in [-0.15, -0.1) is 0 Å². The highest BCUT2D eigenvalue weighted by molar-refractivity contribution is 7.89. The lowest BCUT2D eigenvalue weighted by molar-refractivity contribution is -0.121. The summed E-state index contributed by atoms with van der Waals surface area (Å²) >= 11 is 6.07. The Morgan fingerprint density at radius 3 is 2.43 bits per heavy atom. The van der Waals surface area contributed by atoms with Gasteiger partial charge in [-0.2, -0.15) is 4.31 Å². The summed E-state index contributed by atoms with van der Waals surface area (Å²) in [4.78, 5) is 27.5. The molecule has 0 saturated carbocycles. The number of halogens is 1. The van der Waals surface area contributed by atoms with Gasteiger partial charge in [-0.05, 0) is 52.7 Å². The van der Waals surface area contributed by atoms with Gasteiger partial charge < -0.3 is 10.2 Å². The second-order valence-corrected chi connectivity index (χ2v) is 11.1. The largest absolute Gasteiger partial charge is 0.359 e. The van der Waals surface area contributed by atoms with Crippen LogP contribution in [0.3, 0.4) is 0 Å². The van der Waals surface area contributed by atoms with Crippen LogP contribution in [0.15, 0.2) is 78.2 Å². The Kier molecular flexibility index (Phi) is 7.05. The van der Waals surface area contributed by atoms with Crippen LogP contribution in [-0.4, -0.2) is 66.3 Å². The number of piperazine rings is 1. The zero-order chi connectivity index (χ0) is 26.0. The number of fused-ring (bicyclic) bond motifs is 1. The molecule has 0 bridgehead atoms. The number of amides is 1. The first-order valence-electron chi connectivity index (χ1n) is 11.7. The second-order valence-electron chi connectivity index (χ2n) is 8.75. The van der Waals surface area contributed by atoms with Crippen molar-refractivity contribution in [2.45, 2.75) is 17.4 Å². The summed E-state index contributed by atoms with van der Waals surface area (Å²) < 4.78 is 28.6. The van der Waals surface area contributed by atoms with Crippen molar-refractivity contribution in [2.75, 3.05) is 31.6 Å². The van der Waals surface area contributed by atoms with Gasteiger partial charge in [0, 0.05) is 68.5 Å². The number of carbonyl (C=O) groups is 1. The maximum atomic E-state index is 13.6. The van der Waals surface area contributed by atoms with Crippen LogP contribution < -0.4 is 10.2 Å². The molecular formula is C26H25ClN6O3S. The van der Waals surface area contributed by atoms with E-state index in [0.717, 1.165) is 21.9 Å². The van der Waals surface area contributed by atoms with Crippen LogP contribution in [0, 0.1) is 0 Å². The normalized spacial score (nSPS) is 16.6. The third-order valence-corrected chi connectivity index (χ3v) is 8.56. The first-order valence-corrected chi connectivity index (χ1v) is 13.6. The summed E-state index contributed by atoms with van der Waals surface area (Å²) in [7, 11) is -2.23. The Hall–Kier alpha value is -3.60. The van der Waals surface area contributed by atoms with Crippen LogP contribution in [0.25, 0.3) is 21.9 Å². The number of sulfonamides is 1. The minimum absolute atomic E-state index is 0.105. The number of hydrogen-bond acceptors (Lipinski definition) is 7. The molecule has 1 aliphatic heterocycles. The van der Waals surface area contributed by atoms with Gasteiger partial charge in [0.25, 0.3) is 0 Å². The van der Waals surface area contributed by atoms with E-state index in [2.05, 4.69) is 20.3 Å². The van der Waals surface area contributed by atoms with Gasteiger partial charge in [-0.25, -0.2) is 18.4 Å². The second kappa shape index (κ2) is 10.4. The predicted molar refractivity (Wildman–Crippen MR) is 143 cm³/mol. The Bertz CT molecular complexity index is 1530. The summed E-state index contributed by atoms with van der Waals surface area (Å²) in [5.41, 5.74) is 1.78. The Balaban J connectivity index is 1.40. The van der Waals surface area contributed by atoms with Gasteiger partial charge in [0.05, 0.1) is 10.9 Å². The van der Waals surface area contributed by atoms with Gasteiger partial charge in [0.2, 0.25) is 21.9 Å². The number of rotatable bonds is 6. The highest BCUT2D eigenvalue weighted by Gasteiger charge is 2.36. The first-order chi connectivity index (χ1) is 17.8. The summed E-state index contributed by atoms with van der Waals surface area (Å²) in [6.07, 6.45) is 6.95. The maximum absolute atomic E-state index is 13.6. The fourth-order valence-corrected chi connectivity index (χ4v) is 6.15. The molecule has 11 heteroatoms. The van der Waals surface area contributed by atoms with E-state index in [1.165, 1.54) is 4.31 Å². The van der Waals surface area contributed by atoms with E-state index in [-0.39, 0.29) is 30.3 Å². The topological polar surface area (TPSA) is 108 Å². The van der Waals surface area contributed by atoms with E-state index in [9.17, 15) is 13.2 Å². The van der Waals surface area contributed by atoms with Crippen molar-refractivity contribution in [1.82, 2.24) is 24.6 Å². The molecule has 1 aliphatic rings. The molecule has 4 aromatic rings. The fraction of sp³-hybridized carbons (Fsp3) is 0.231. The number of nitrogens with zero attached hydrogens (tertiary/aromatic N) is 5. The zero-order valence-corrected chi connectivity index (χ0v) is 21.7. The zero-order valence-electron chi connectivity index (χ0n) is 20.1. The molecule has 2 aromatic carbocycles. The van der Waals surface area contributed by atoms with Crippen LogP contribution in [-0.2, 0) is 14.8 Å². The lowest BCUT2D eigenvalue weighted by atomic mass is 10.1. The number of pyridine rings is 1. The lowest BCUT2D eigenvalue weighted by Crippen LogP contribution is -2.56. The molecule has 0 radical (unpaired) electrons. The summed E-state index contributed by atoms with van der Waals surface area (Å²) in [6, 6.07) is 13.6. The molecule has 190 valence electrons. The quantitative estimate of drug-likeness (QED) is 0.402. The average Bonchev–Trinajstić information content (AvgIpc) is 2.93. The van der Waals surface area contributed by atoms with E-state index in [1.807, 2.05) is 17.0 Å². The number of anilines is 1. The molecular weight excluding hydrogens is 512 g/mol. The molecule has 2 aromatic heterocycles. The predicted octanol–water partition coefficient (Wildman–Crippen LogP) is 3.36. The molecule has 9 nitrogen and oxygen atoms in total. The van der Waals surface area contributed by atoms with Crippen molar-refractivity contribution >= 4 is 44.3 Å². The molecule has 3 heterocycles. The summed E-state index contributed by atoms with van der Waals surface area (Å²) in [6.45, 7) is 0.712. The molecule has 1 amide bonds. The minimum atomic E-state index is -3.79. The Labute approximate surface area is 220 Å². The standard InChI is InChI=1S/C26H25ClN6O3S/c1-28-25(34)14-23-17-32(37(35,36)24-5-3-19-12-22(27)4-2-20(19)13-24)10-11-33(23)26-30-15-21(16-31-26)18-6-8-29-9-7-18/h2-9,12-13,15-16,23H,10-11,14,17H2,1H3,(H,28,34). The molecule has 37 heavy (non-hydrogen) atoms. The highest BCUT2D eigenvalue weighted by atomic mass is 35.5. The maximum Gasteiger partial charge on any atom is 0.243 e. The first kappa shape index (κ1) is 25.1. The van der Waals surface area contributed by atoms with Crippen molar-refractivity contribution in [1.29, 1.82) is 0 Å². The van der Waals surface area contributed by atoms with Gasteiger partial charge in [0.15, 0.2) is 0 Å². The summed E-state index contributed by atoms with van der Waals surface area (Å²) in [5.74, 6) is 0.261. The van der Waals surface area contributed by atoms with Crippen LogP contribution in [0.2, 0.25) is 5.02 Å². The van der Waals surface area contributed by atoms with E-state index in [4.69, 9.17) is 11.6 Å². The molecule has 0 spiro atoms. The van der Waals surface area contributed by atoms with E-state index < -0.39 is 16.1 Å². The number of nitrogens with one attached hydrogen (secondary N) is 1. The fourth-order valence-electron chi connectivity index (χ4n) is 4.47. The highest BCUT2D eigenvalue weighted by Crippen LogP contribution is 2.28. The van der Waals surface area contributed by atoms with Crippen LogP contribution >= 0.6 is 11.6 Å². The Morgan fingerprint density at radius 2 is 1.70 bits per heavy atom. The van der Waals surface area contributed by atoms with Gasteiger partial charge in [-0.1, -0.05) is 23.7 Å². The lowest BCUT2D eigenvalue weighted by Gasteiger charge is -2.40. The van der Waals surface area contributed by atoms with Crippen LogP contribution in [0.5, 0.6) is 0 Å². The monoisotopic (exact) mass is 536 g/mol. The van der Waals surface area contributed by atoms with Crippen molar-refractivity contribution < 1.29 is 13.2 Å². The van der Waals surface area contributed by atoms with Crippen LogP contribution in [0.4, 0.5) is 5.95 Å². The SMILES string of the molecule is CNC(=O)CC1CN(S(=O)(=O)c2ccc3cc(Cl)ccc3c2)CCN1c1ncc(-c2ccncc2)cn1. The van der Waals surface area contributed by atoms with Gasteiger partial charge >= 0.3 is 0 Å². The smallest absolute Gasteiger partial charge is 0.243 e. The number of hydrogen-bond donors (Lipinski definition) is 1. The molecule has 1 unspecified atom stereocenters. The number of carbonyl (C=O) groups excluding carboxylic acids is 1. The van der Waals surface area contributed by atoms with Crippen LogP contribution in [0.1, 0.15) is 6.42 Å². The van der Waals surface area contributed by atoms with Crippen molar-refractivity contribution in [3.8, 4) is 11.1 Å². The third kappa shape index (κ3) is 5.27. The van der Waals surface area contributed by atoms with Crippen molar-refractivity contribution in [3.05, 3.63) is 78.3 Å². The van der Waals surface area contributed by atoms with E-state index >= 15 is 0 Å². The number of aromatic nitrogens is 3. The van der Waals surface area contributed by atoms with Crippen molar-refractivity contribution in [3.63, 3.8) is 0 Å². The number of benzene rings is 2. The van der Waals surface area contributed by atoms with E-state index in [1.54, 1.807) is 68.2 Å².